The first-order chi connectivity index (χ1) is 5.25. The Balaban J connectivity index is 3.02. The van der Waals surface area contributed by atoms with Gasteiger partial charge in [0.2, 0.25) is 5.88 Å². The fourth-order valence-electron chi connectivity index (χ4n) is 0.692. The average Bonchev–Trinajstić information content (AvgIpc) is 2.04. The van der Waals surface area contributed by atoms with Crippen molar-refractivity contribution in [2.24, 2.45) is 0 Å². The summed E-state index contributed by atoms with van der Waals surface area (Å²) in [6, 6.07) is 3.03. The molecule has 0 radical (unpaired) electrons. The first kappa shape index (κ1) is 7.77. The van der Waals surface area contributed by atoms with Crippen molar-refractivity contribution in [1.82, 2.24) is 4.98 Å². The molecule has 60 valence electrons. The molecule has 0 amide bonds. The lowest BCUT2D eigenvalue weighted by Crippen LogP contribution is -2.12. The van der Waals surface area contributed by atoms with E-state index in [9.17, 15) is 0 Å². The van der Waals surface area contributed by atoms with Gasteiger partial charge in [0.05, 0.1) is 7.11 Å². The van der Waals surface area contributed by atoms with Crippen LogP contribution in [0.1, 0.15) is 0 Å². The van der Waals surface area contributed by atoms with Crippen LogP contribution in [0.15, 0.2) is 18.3 Å². The van der Waals surface area contributed by atoms with Crippen LogP contribution >= 0.6 is 0 Å². The van der Waals surface area contributed by atoms with Gasteiger partial charge in [-0.2, -0.15) is 0 Å². The highest BCUT2D eigenvalue weighted by atomic mass is 16.8. The maximum atomic E-state index is 8.60. The Morgan fingerprint density at radius 1 is 1.55 bits per heavy atom. The molecule has 0 saturated heterocycles. The number of anilines is 1. The molecule has 0 spiro atoms. The maximum Gasteiger partial charge on any atom is 0.242 e. The van der Waals surface area contributed by atoms with Crippen LogP contribution in [0.25, 0.3) is 0 Å². The standard InChI is InChI=1S/C6H8N2O3/c1-11-6-5(8(9)10)3-2-4-7-6/h2-4,9-10H,1H3. The highest BCUT2D eigenvalue weighted by Crippen LogP contribution is 2.21. The van der Waals surface area contributed by atoms with Crippen molar-refractivity contribution in [2.75, 3.05) is 12.3 Å². The monoisotopic (exact) mass is 156 g/mol. The molecule has 5 nitrogen and oxygen atoms in total. The Bertz CT molecular complexity index is 239. The van der Waals surface area contributed by atoms with E-state index in [1.165, 1.54) is 19.4 Å². The molecular weight excluding hydrogens is 148 g/mol. The van der Waals surface area contributed by atoms with Crippen molar-refractivity contribution in [2.45, 2.75) is 0 Å². The Labute approximate surface area is 63.4 Å². The van der Waals surface area contributed by atoms with Crippen molar-refractivity contribution in [3.05, 3.63) is 18.3 Å². The van der Waals surface area contributed by atoms with Crippen LogP contribution in [0.5, 0.6) is 5.88 Å². The predicted molar refractivity (Wildman–Crippen MR) is 36.8 cm³/mol. The SMILES string of the molecule is COc1ncccc1N(O)O. The molecule has 0 bridgehead atoms. The van der Waals surface area contributed by atoms with Gasteiger partial charge in [0.1, 0.15) is 0 Å². The molecule has 0 saturated carbocycles. The summed E-state index contributed by atoms with van der Waals surface area (Å²) in [7, 11) is 1.40. The van der Waals surface area contributed by atoms with Crippen molar-refractivity contribution < 1.29 is 15.2 Å². The summed E-state index contributed by atoms with van der Waals surface area (Å²) in [5, 5.41) is 17.2. The summed E-state index contributed by atoms with van der Waals surface area (Å²) < 4.78 is 4.73. The minimum atomic E-state index is -0.0359. The summed E-state index contributed by atoms with van der Waals surface area (Å²) in [5.41, 5.74) is 0.106. The third-order valence-electron chi connectivity index (χ3n) is 1.16. The molecule has 0 fully saturated rings. The van der Waals surface area contributed by atoms with Crippen molar-refractivity contribution in [1.29, 1.82) is 0 Å². The minimum Gasteiger partial charge on any atom is -0.479 e. The Hall–Kier alpha value is -1.33. The first-order valence-electron chi connectivity index (χ1n) is 2.92. The van der Waals surface area contributed by atoms with E-state index >= 15 is 0 Å². The molecule has 1 heterocycles. The van der Waals surface area contributed by atoms with Crippen LogP contribution in [0.4, 0.5) is 5.69 Å². The zero-order chi connectivity index (χ0) is 8.27. The zero-order valence-electron chi connectivity index (χ0n) is 5.93. The number of pyridine rings is 1. The number of hydrogen-bond donors (Lipinski definition) is 2. The Morgan fingerprint density at radius 2 is 2.27 bits per heavy atom. The molecule has 0 aliphatic carbocycles. The van der Waals surface area contributed by atoms with E-state index in [0.29, 0.717) is 0 Å². The van der Waals surface area contributed by atoms with Crippen LogP contribution in [0, 0.1) is 0 Å². The van der Waals surface area contributed by atoms with Crippen LogP contribution in [-0.4, -0.2) is 22.5 Å². The predicted octanol–water partition coefficient (Wildman–Crippen LogP) is 0.675. The number of nitrogens with zero attached hydrogens (tertiary/aromatic N) is 2. The van der Waals surface area contributed by atoms with E-state index in [-0.39, 0.29) is 16.8 Å². The van der Waals surface area contributed by atoms with Crippen molar-refractivity contribution in [3.8, 4) is 5.88 Å². The molecule has 11 heavy (non-hydrogen) atoms. The number of aromatic nitrogens is 1. The first-order valence-corrected chi connectivity index (χ1v) is 2.92. The van der Waals surface area contributed by atoms with Crippen LogP contribution < -0.4 is 9.96 Å². The third kappa shape index (κ3) is 1.57. The van der Waals surface area contributed by atoms with E-state index in [1.54, 1.807) is 6.07 Å². The molecule has 1 rings (SSSR count). The van der Waals surface area contributed by atoms with Gasteiger partial charge in [0.25, 0.3) is 0 Å². The fourth-order valence-corrected chi connectivity index (χ4v) is 0.692. The minimum absolute atomic E-state index is 0.0359. The zero-order valence-corrected chi connectivity index (χ0v) is 5.93. The third-order valence-corrected chi connectivity index (χ3v) is 1.16. The van der Waals surface area contributed by atoms with Gasteiger partial charge in [-0.1, -0.05) is 0 Å². The van der Waals surface area contributed by atoms with Crippen LogP contribution in [-0.2, 0) is 0 Å². The van der Waals surface area contributed by atoms with Gasteiger partial charge in [-0.05, 0) is 12.1 Å². The summed E-state index contributed by atoms with van der Waals surface area (Å²) in [5.74, 6) is 0.164. The van der Waals surface area contributed by atoms with E-state index in [0.717, 1.165) is 0 Å². The average molecular weight is 156 g/mol. The lowest BCUT2D eigenvalue weighted by atomic mass is 10.4. The quantitative estimate of drug-likeness (QED) is 0.616. The summed E-state index contributed by atoms with van der Waals surface area (Å²) in [6.07, 6.45) is 1.49. The number of ether oxygens (including phenoxy) is 1. The maximum absolute atomic E-state index is 8.60. The summed E-state index contributed by atoms with van der Waals surface area (Å²) in [4.78, 5) is 3.73. The van der Waals surface area contributed by atoms with Gasteiger partial charge >= 0.3 is 0 Å². The van der Waals surface area contributed by atoms with Crippen molar-refractivity contribution >= 4 is 5.69 Å². The van der Waals surface area contributed by atoms with Gasteiger partial charge in [-0.15, -0.1) is 5.23 Å². The van der Waals surface area contributed by atoms with Gasteiger partial charge in [0, 0.05) is 6.20 Å². The summed E-state index contributed by atoms with van der Waals surface area (Å²) >= 11 is 0. The highest BCUT2D eigenvalue weighted by molar-refractivity contribution is 5.49. The Kier molecular flexibility index (Phi) is 2.25. The fraction of sp³-hybridized carbons (Fsp3) is 0.167. The number of hydrogen-bond acceptors (Lipinski definition) is 5. The van der Waals surface area contributed by atoms with Gasteiger partial charge in [-0.25, -0.2) is 4.98 Å². The van der Waals surface area contributed by atoms with E-state index in [2.05, 4.69) is 4.98 Å². The molecule has 0 unspecified atom stereocenters. The Morgan fingerprint density at radius 3 is 2.73 bits per heavy atom. The number of rotatable bonds is 2. The summed E-state index contributed by atoms with van der Waals surface area (Å²) in [6.45, 7) is 0. The van der Waals surface area contributed by atoms with Crippen LogP contribution in [0.3, 0.4) is 0 Å². The normalized spacial score (nSPS) is 9.36. The molecule has 0 aliphatic rings. The molecule has 1 aromatic rings. The molecule has 0 aromatic carbocycles. The number of methoxy groups -OCH3 is 1. The topological polar surface area (TPSA) is 65.8 Å². The van der Waals surface area contributed by atoms with E-state index < -0.39 is 0 Å². The molecule has 0 atom stereocenters. The van der Waals surface area contributed by atoms with Gasteiger partial charge in [0.15, 0.2) is 5.69 Å². The van der Waals surface area contributed by atoms with Gasteiger partial charge in [-0.3, -0.25) is 10.4 Å². The second-order valence-electron chi connectivity index (χ2n) is 1.82. The lowest BCUT2D eigenvalue weighted by molar-refractivity contribution is 0.0276. The second kappa shape index (κ2) is 3.18. The molecular formula is C6H8N2O3. The highest BCUT2D eigenvalue weighted by Gasteiger charge is 2.06. The molecule has 2 N–H and O–H groups in total. The van der Waals surface area contributed by atoms with Gasteiger partial charge < -0.3 is 4.74 Å². The van der Waals surface area contributed by atoms with E-state index in [4.69, 9.17) is 15.2 Å². The van der Waals surface area contributed by atoms with Crippen molar-refractivity contribution in [3.63, 3.8) is 0 Å². The molecule has 5 heteroatoms. The van der Waals surface area contributed by atoms with Crippen LogP contribution in [0.2, 0.25) is 0 Å². The largest absolute Gasteiger partial charge is 0.479 e. The van der Waals surface area contributed by atoms with E-state index in [1.807, 2.05) is 0 Å². The lowest BCUT2D eigenvalue weighted by Gasteiger charge is -2.09. The smallest absolute Gasteiger partial charge is 0.242 e. The second-order valence-corrected chi connectivity index (χ2v) is 1.82. The molecule has 0 aliphatic heterocycles. The molecule has 1 aromatic heterocycles.